The van der Waals surface area contributed by atoms with Gasteiger partial charge < -0.3 is 10.1 Å². The molecule has 2 saturated heterocycles. The van der Waals surface area contributed by atoms with Crippen molar-refractivity contribution in [2.75, 3.05) is 18.9 Å². The molecular formula is C12H17NOS2. The largest absolute Gasteiger partial charge is 0.371 e. The van der Waals surface area contributed by atoms with Crippen LogP contribution in [0, 0.1) is 0 Å². The second-order valence-corrected chi connectivity index (χ2v) is 6.74. The molecule has 1 aromatic heterocycles. The Labute approximate surface area is 105 Å². The zero-order valence-corrected chi connectivity index (χ0v) is 11.1. The van der Waals surface area contributed by atoms with Gasteiger partial charge in [-0.05, 0) is 34.6 Å². The molecule has 0 aromatic carbocycles. The van der Waals surface area contributed by atoms with Crippen LogP contribution in [0.3, 0.4) is 0 Å². The Bertz CT molecular complexity index is 354. The summed E-state index contributed by atoms with van der Waals surface area (Å²) >= 11 is 3.82. The fourth-order valence-electron chi connectivity index (χ4n) is 2.85. The molecule has 88 valence electrons. The number of nitrogens with one attached hydrogen (secondary N) is 1. The average Bonchev–Trinajstić information content (AvgIpc) is 2.92. The highest BCUT2D eigenvalue weighted by molar-refractivity contribution is 8.00. The fourth-order valence-corrected chi connectivity index (χ4v) is 4.93. The lowest BCUT2D eigenvalue weighted by molar-refractivity contribution is -0.0939. The third-order valence-electron chi connectivity index (χ3n) is 3.74. The summed E-state index contributed by atoms with van der Waals surface area (Å²) in [6, 6.07) is 2.62. The Hall–Kier alpha value is -0.0300. The zero-order chi connectivity index (χ0) is 11.0. The van der Waals surface area contributed by atoms with Gasteiger partial charge in [-0.1, -0.05) is 6.92 Å². The third-order valence-corrected chi connectivity index (χ3v) is 5.78. The summed E-state index contributed by atoms with van der Waals surface area (Å²) in [4.78, 5) is 0. The number of thiophene rings is 1. The van der Waals surface area contributed by atoms with Crippen molar-refractivity contribution in [3.05, 3.63) is 22.4 Å². The van der Waals surface area contributed by atoms with Crippen LogP contribution in [0.5, 0.6) is 0 Å². The monoisotopic (exact) mass is 255 g/mol. The Kier molecular flexibility index (Phi) is 3.00. The molecule has 0 radical (unpaired) electrons. The van der Waals surface area contributed by atoms with Gasteiger partial charge in [0.05, 0.1) is 18.2 Å². The summed E-state index contributed by atoms with van der Waals surface area (Å²) in [5, 5.41) is 8.65. The van der Waals surface area contributed by atoms with Gasteiger partial charge >= 0.3 is 0 Å². The predicted octanol–water partition coefficient (Wildman–Crippen LogP) is 2.67. The van der Waals surface area contributed by atoms with Gasteiger partial charge in [0.2, 0.25) is 0 Å². The molecule has 3 atom stereocenters. The normalized spacial score (nSPS) is 39.3. The summed E-state index contributed by atoms with van der Waals surface area (Å²) in [7, 11) is 0. The van der Waals surface area contributed by atoms with Crippen LogP contribution in [0.4, 0.5) is 0 Å². The van der Waals surface area contributed by atoms with Crippen LogP contribution in [0.25, 0.3) is 0 Å². The first-order valence-electron chi connectivity index (χ1n) is 5.84. The fraction of sp³-hybridized carbons (Fsp3) is 0.667. The minimum absolute atomic E-state index is 0.0317. The first-order chi connectivity index (χ1) is 7.83. The highest BCUT2D eigenvalue weighted by atomic mass is 32.2. The van der Waals surface area contributed by atoms with Crippen molar-refractivity contribution in [1.29, 1.82) is 0 Å². The second-order valence-electron chi connectivity index (χ2n) is 4.51. The average molecular weight is 255 g/mol. The quantitative estimate of drug-likeness (QED) is 0.833. The molecule has 1 aromatic rings. The van der Waals surface area contributed by atoms with Crippen molar-refractivity contribution < 1.29 is 4.74 Å². The molecule has 4 heteroatoms. The smallest absolute Gasteiger partial charge is 0.1000 e. The molecule has 2 aliphatic rings. The van der Waals surface area contributed by atoms with Gasteiger partial charge in [-0.2, -0.15) is 23.1 Å². The van der Waals surface area contributed by atoms with E-state index in [1.807, 2.05) is 11.8 Å². The molecule has 1 N–H and O–H groups in total. The molecule has 2 fully saturated rings. The third kappa shape index (κ3) is 1.63. The van der Waals surface area contributed by atoms with Gasteiger partial charge in [-0.3, -0.25) is 0 Å². The minimum Gasteiger partial charge on any atom is -0.371 e. The van der Waals surface area contributed by atoms with Crippen molar-refractivity contribution >= 4 is 23.1 Å². The minimum atomic E-state index is 0.0317. The lowest BCUT2D eigenvalue weighted by Gasteiger charge is -2.44. The molecule has 2 nitrogen and oxygen atoms in total. The molecule has 2 aliphatic heterocycles. The van der Waals surface area contributed by atoms with Crippen molar-refractivity contribution in [1.82, 2.24) is 5.32 Å². The molecule has 0 amide bonds. The summed E-state index contributed by atoms with van der Waals surface area (Å²) in [5.74, 6) is 1.23. The first kappa shape index (κ1) is 11.1. The number of morpholine rings is 1. The Morgan fingerprint density at radius 1 is 1.56 bits per heavy atom. The van der Waals surface area contributed by atoms with E-state index in [1.54, 1.807) is 11.3 Å². The SMILES string of the molecule is CC1SCCC12OCCNC2c1ccsc1. The van der Waals surface area contributed by atoms with E-state index in [0.29, 0.717) is 11.3 Å². The van der Waals surface area contributed by atoms with Gasteiger partial charge in [0.15, 0.2) is 0 Å². The highest BCUT2D eigenvalue weighted by Crippen LogP contribution is 2.47. The van der Waals surface area contributed by atoms with Crippen LogP contribution >= 0.6 is 23.1 Å². The molecule has 0 aliphatic carbocycles. The van der Waals surface area contributed by atoms with Crippen LogP contribution < -0.4 is 5.32 Å². The van der Waals surface area contributed by atoms with E-state index >= 15 is 0 Å². The van der Waals surface area contributed by atoms with E-state index in [2.05, 4.69) is 29.1 Å². The maximum Gasteiger partial charge on any atom is 0.1000 e. The van der Waals surface area contributed by atoms with Gasteiger partial charge in [0.25, 0.3) is 0 Å². The molecule has 16 heavy (non-hydrogen) atoms. The van der Waals surface area contributed by atoms with Crippen LogP contribution in [-0.4, -0.2) is 29.8 Å². The van der Waals surface area contributed by atoms with E-state index in [1.165, 1.54) is 17.7 Å². The van der Waals surface area contributed by atoms with Crippen molar-refractivity contribution in [3.8, 4) is 0 Å². The number of rotatable bonds is 1. The van der Waals surface area contributed by atoms with Gasteiger partial charge in [0.1, 0.15) is 0 Å². The summed E-state index contributed by atoms with van der Waals surface area (Å²) in [5.41, 5.74) is 1.43. The highest BCUT2D eigenvalue weighted by Gasteiger charge is 2.50. The molecule has 1 spiro atoms. The van der Waals surface area contributed by atoms with Gasteiger partial charge in [0, 0.05) is 11.8 Å². The Morgan fingerprint density at radius 2 is 2.50 bits per heavy atom. The molecule has 3 heterocycles. The topological polar surface area (TPSA) is 21.3 Å². The van der Waals surface area contributed by atoms with Crippen LogP contribution in [0.2, 0.25) is 0 Å². The molecule has 0 saturated carbocycles. The summed E-state index contributed by atoms with van der Waals surface area (Å²) in [6.07, 6.45) is 1.17. The van der Waals surface area contributed by atoms with Crippen LogP contribution in [-0.2, 0) is 4.74 Å². The predicted molar refractivity (Wildman–Crippen MR) is 70.3 cm³/mol. The number of ether oxygens (including phenoxy) is 1. The zero-order valence-electron chi connectivity index (χ0n) is 9.44. The van der Waals surface area contributed by atoms with E-state index in [0.717, 1.165) is 13.2 Å². The Morgan fingerprint density at radius 3 is 3.19 bits per heavy atom. The maximum atomic E-state index is 6.20. The van der Waals surface area contributed by atoms with Crippen LogP contribution in [0.1, 0.15) is 24.9 Å². The standard InChI is InChI=1S/C12H17NOS2/c1-9-12(3-7-16-9)11(13-4-5-14-12)10-2-6-15-8-10/h2,6,8-9,11,13H,3-5,7H2,1H3. The van der Waals surface area contributed by atoms with E-state index in [4.69, 9.17) is 4.74 Å². The lowest BCUT2D eigenvalue weighted by Crippen LogP contribution is -2.55. The van der Waals surface area contributed by atoms with Crippen molar-refractivity contribution in [3.63, 3.8) is 0 Å². The maximum absolute atomic E-state index is 6.20. The summed E-state index contributed by atoms with van der Waals surface area (Å²) in [6.45, 7) is 4.13. The Balaban J connectivity index is 1.95. The van der Waals surface area contributed by atoms with Crippen LogP contribution in [0.15, 0.2) is 16.8 Å². The van der Waals surface area contributed by atoms with E-state index in [9.17, 15) is 0 Å². The molecular weight excluding hydrogens is 238 g/mol. The van der Waals surface area contributed by atoms with Gasteiger partial charge in [-0.15, -0.1) is 0 Å². The van der Waals surface area contributed by atoms with Gasteiger partial charge in [-0.25, -0.2) is 0 Å². The second kappa shape index (κ2) is 4.33. The van der Waals surface area contributed by atoms with E-state index < -0.39 is 0 Å². The number of hydrogen-bond donors (Lipinski definition) is 1. The number of thioether (sulfide) groups is 1. The lowest BCUT2D eigenvalue weighted by atomic mass is 9.83. The molecule has 3 rings (SSSR count). The molecule has 3 unspecified atom stereocenters. The first-order valence-corrected chi connectivity index (χ1v) is 7.83. The summed E-state index contributed by atoms with van der Waals surface area (Å²) < 4.78 is 6.20. The van der Waals surface area contributed by atoms with Crippen molar-refractivity contribution in [2.24, 2.45) is 0 Å². The number of hydrogen-bond acceptors (Lipinski definition) is 4. The molecule has 0 bridgehead atoms. The van der Waals surface area contributed by atoms with E-state index in [-0.39, 0.29) is 5.60 Å². The van der Waals surface area contributed by atoms with Crippen molar-refractivity contribution in [2.45, 2.75) is 30.2 Å².